The predicted octanol–water partition coefficient (Wildman–Crippen LogP) is 2.32. The minimum absolute atomic E-state index is 0.0364. The van der Waals surface area contributed by atoms with Crippen LogP contribution in [0.15, 0.2) is 53.4 Å². The van der Waals surface area contributed by atoms with Gasteiger partial charge in [-0.25, -0.2) is 12.7 Å². The van der Waals surface area contributed by atoms with Gasteiger partial charge >= 0.3 is 0 Å². The molecular weight excluding hydrogens is 340 g/mol. The summed E-state index contributed by atoms with van der Waals surface area (Å²) in [7, 11) is -0.544. The number of hydrogen-bond donors (Lipinski definition) is 1. The molecule has 0 fully saturated rings. The largest absolute Gasteiger partial charge is 0.326 e. The highest BCUT2D eigenvalue weighted by molar-refractivity contribution is 7.89. The lowest BCUT2D eigenvalue weighted by molar-refractivity contribution is -0.115. The number of carbonyl (C=O) groups is 2. The van der Waals surface area contributed by atoms with Crippen LogP contribution < -0.4 is 5.32 Å². The lowest BCUT2D eigenvalue weighted by Gasteiger charge is -2.11. The van der Waals surface area contributed by atoms with Gasteiger partial charge in [0.1, 0.15) is 0 Å². The molecule has 0 bridgehead atoms. The van der Waals surface area contributed by atoms with Crippen molar-refractivity contribution in [3.8, 4) is 0 Å². The Balaban J connectivity index is 2.02. The van der Waals surface area contributed by atoms with Crippen molar-refractivity contribution in [1.29, 1.82) is 0 Å². The molecule has 0 aliphatic rings. The lowest BCUT2D eigenvalue weighted by atomic mass is 10.1. The van der Waals surface area contributed by atoms with Crippen LogP contribution in [0.3, 0.4) is 0 Å². The minimum atomic E-state index is -3.48. The number of rotatable bonds is 6. The number of anilines is 1. The van der Waals surface area contributed by atoms with Gasteiger partial charge in [-0.05, 0) is 48.9 Å². The Bertz CT molecular complexity index is 870. The van der Waals surface area contributed by atoms with E-state index in [4.69, 9.17) is 0 Å². The number of nitrogens with zero attached hydrogens (tertiary/aromatic N) is 1. The van der Waals surface area contributed by atoms with E-state index in [0.29, 0.717) is 16.8 Å². The van der Waals surface area contributed by atoms with Crippen LogP contribution in [-0.2, 0) is 21.2 Å². The number of benzene rings is 2. The van der Waals surface area contributed by atoms with Crippen LogP contribution in [-0.4, -0.2) is 38.5 Å². The second kappa shape index (κ2) is 7.58. The number of Topliss-reactive ketones (excluding diaryl/α,β-unsaturated/α-hetero) is 1. The van der Waals surface area contributed by atoms with Crippen LogP contribution in [0.5, 0.6) is 0 Å². The van der Waals surface area contributed by atoms with Gasteiger partial charge in [0.25, 0.3) is 0 Å². The van der Waals surface area contributed by atoms with Crippen LogP contribution in [0.1, 0.15) is 22.8 Å². The van der Waals surface area contributed by atoms with Gasteiger partial charge in [-0.15, -0.1) is 0 Å². The van der Waals surface area contributed by atoms with Gasteiger partial charge in [0, 0.05) is 25.3 Å². The van der Waals surface area contributed by atoms with E-state index < -0.39 is 10.0 Å². The second-order valence-electron chi connectivity index (χ2n) is 5.79. The minimum Gasteiger partial charge on any atom is -0.326 e. The zero-order valence-electron chi connectivity index (χ0n) is 14.3. The first-order valence-corrected chi connectivity index (χ1v) is 9.06. The van der Waals surface area contributed by atoms with Gasteiger partial charge in [0.15, 0.2) is 5.78 Å². The second-order valence-corrected chi connectivity index (χ2v) is 7.94. The predicted molar refractivity (Wildman–Crippen MR) is 96.1 cm³/mol. The van der Waals surface area contributed by atoms with Crippen molar-refractivity contribution >= 4 is 27.4 Å². The molecule has 0 spiro atoms. The maximum atomic E-state index is 12.1. The summed E-state index contributed by atoms with van der Waals surface area (Å²) in [5.41, 5.74) is 1.88. The summed E-state index contributed by atoms with van der Waals surface area (Å²) in [4.78, 5) is 23.5. The van der Waals surface area contributed by atoms with Crippen molar-refractivity contribution in [2.75, 3.05) is 19.4 Å². The molecule has 1 amide bonds. The SMILES string of the molecule is CC(=O)c1ccc(NC(=O)Cc2ccc(S(=O)(=O)N(C)C)cc2)cc1. The lowest BCUT2D eigenvalue weighted by Crippen LogP contribution is -2.22. The Morgan fingerprint density at radius 3 is 2.00 bits per heavy atom. The molecule has 2 aromatic rings. The highest BCUT2D eigenvalue weighted by Crippen LogP contribution is 2.15. The maximum Gasteiger partial charge on any atom is 0.242 e. The van der Waals surface area contributed by atoms with Crippen LogP contribution in [0.4, 0.5) is 5.69 Å². The number of sulfonamides is 1. The number of nitrogens with one attached hydrogen (secondary N) is 1. The molecule has 0 unspecified atom stereocenters. The molecule has 2 rings (SSSR count). The molecule has 0 saturated heterocycles. The summed E-state index contributed by atoms with van der Waals surface area (Å²) in [6.07, 6.45) is 0.122. The average molecular weight is 360 g/mol. The van der Waals surface area contributed by atoms with Gasteiger partial charge in [-0.3, -0.25) is 9.59 Å². The molecule has 0 aliphatic carbocycles. The smallest absolute Gasteiger partial charge is 0.242 e. The fraction of sp³-hybridized carbons (Fsp3) is 0.222. The van der Waals surface area contributed by atoms with Crippen LogP contribution >= 0.6 is 0 Å². The number of hydrogen-bond acceptors (Lipinski definition) is 4. The first-order chi connectivity index (χ1) is 11.7. The number of amides is 1. The van der Waals surface area contributed by atoms with Crippen LogP contribution in [0, 0.1) is 0 Å². The molecule has 7 heteroatoms. The van der Waals surface area contributed by atoms with E-state index in [9.17, 15) is 18.0 Å². The standard InChI is InChI=1S/C18H20N2O4S/c1-13(21)15-6-8-16(9-7-15)19-18(22)12-14-4-10-17(11-5-14)25(23,24)20(2)3/h4-11H,12H2,1-3H3,(H,19,22). The molecule has 0 aliphatic heterocycles. The molecule has 132 valence electrons. The van der Waals surface area contributed by atoms with Crippen molar-refractivity contribution in [2.45, 2.75) is 18.2 Å². The Kier molecular flexibility index (Phi) is 5.71. The Labute approximate surface area is 147 Å². The first-order valence-electron chi connectivity index (χ1n) is 7.62. The van der Waals surface area contributed by atoms with Crippen LogP contribution in [0.25, 0.3) is 0 Å². The van der Waals surface area contributed by atoms with E-state index in [1.54, 1.807) is 36.4 Å². The first kappa shape index (κ1) is 18.8. The normalized spacial score (nSPS) is 11.4. The third-order valence-electron chi connectivity index (χ3n) is 3.64. The Morgan fingerprint density at radius 2 is 1.52 bits per heavy atom. The molecule has 2 aromatic carbocycles. The third-order valence-corrected chi connectivity index (χ3v) is 5.47. The molecule has 0 saturated carbocycles. The van der Waals surface area contributed by atoms with Crippen molar-refractivity contribution in [1.82, 2.24) is 4.31 Å². The zero-order valence-corrected chi connectivity index (χ0v) is 15.1. The number of carbonyl (C=O) groups excluding carboxylic acids is 2. The van der Waals surface area contributed by atoms with E-state index in [1.807, 2.05) is 0 Å². The summed E-state index contributed by atoms with van der Waals surface area (Å²) in [6.45, 7) is 1.48. The molecule has 0 radical (unpaired) electrons. The van der Waals surface area contributed by atoms with Crippen molar-refractivity contribution in [3.63, 3.8) is 0 Å². The summed E-state index contributed by atoms with van der Waals surface area (Å²) < 4.78 is 25.1. The Morgan fingerprint density at radius 1 is 0.960 bits per heavy atom. The highest BCUT2D eigenvalue weighted by Gasteiger charge is 2.16. The zero-order chi connectivity index (χ0) is 18.6. The van der Waals surface area contributed by atoms with Crippen LogP contribution in [0.2, 0.25) is 0 Å². The quantitative estimate of drug-likeness (QED) is 0.802. The van der Waals surface area contributed by atoms with Crippen molar-refractivity contribution < 1.29 is 18.0 Å². The third kappa shape index (κ3) is 4.74. The van der Waals surface area contributed by atoms with Gasteiger partial charge in [0.2, 0.25) is 15.9 Å². The molecule has 25 heavy (non-hydrogen) atoms. The summed E-state index contributed by atoms with van der Waals surface area (Å²) in [6, 6.07) is 12.9. The topological polar surface area (TPSA) is 83.5 Å². The van der Waals surface area contributed by atoms with Crippen molar-refractivity contribution in [3.05, 3.63) is 59.7 Å². The molecule has 0 aromatic heterocycles. The van der Waals surface area contributed by atoms with E-state index >= 15 is 0 Å². The van der Waals surface area contributed by atoms with Gasteiger partial charge < -0.3 is 5.32 Å². The molecule has 6 nitrogen and oxygen atoms in total. The van der Waals surface area contributed by atoms with E-state index in [2.05, 4.69) is 5.32 Å². The maximum absolute atomic E-state index is 12.1. The van der Waals surface area contributed by atoms with Crippen molar-refractivity contribution in [2.24, 2.45) is 0 Å². The average Bonchev–Trinajstić information content (AvgIpc) is 2.55. The van der Waals surface area contributed by atoms with E-state index in [-0.39, 0.29) is 23.0 Å². The fourth-order valence-corrected chi connectivity index (χ4v) is 3.07. The number of ketones is 1. The van der Waals surface area contributed by atoms with Gasteiger partial charge in [0.05, 0.1) is 11.3 Å². The molecule has 0 atom stereocenters. The van der Waals surface area contributed by atoms with Gasteiger partial charge in [-0.2, -0.15) is 0 Å². The summed E-state index contributed by atoms with van der Waals surface area (Å²) >= 11 is 0. The summed E-state index contributed by atoms with van der Waals surface area (Å²) in [5, 5.41) is 2.74. The Hall–Kier alpha value is -2.51. The van der Waals surface area contributed by atoms with E-state index in [1.165, 1.54) is 33.2 Å². The molecule has 1 N–H and O–H groups in total. The monoisotopic (exact) mass is 360 g/mol. The molecular formula is C18H20N2O4S. The highest BCUT2D eigenvalue weighted by atomic mass is 32.2. The van der Waals surface area contributed by atoms with E-state index in [0.717, 1.165) is 4.31 Å². The fourth-order valence-electron chi connectivity index (χ4n) is 2.17. The molecule has 0 heterocycles. The summed E-state index contributed by atoms with van der Waals surface area (Å²) in [5.74, 6) is -0.260. The van der Waals surface area contributed by atoms with Gasteiger partial charge in [-0.1, -0.05) is 12.1 Å².